The second-order valence-electron chi connectivity index (χ2n) is 4.34. The fraction of sp³-hybridized carbons (Fsp3) is 0.455. The summed E-state index contributed by atoms with van der Waals surface area (Å²) in [4.78, 5) is 12.0. The maximum atomic E-state index is 6.05. The minimum atomic E-state index is 0.0852. The molecular formula is C11H15N5. The van der Waals surface area contributed by atoms with Gasteiger partial charge in [0.15, 0.2) is 5.82 Å². The van der Waals surface area contributed by atoms with Gasteiger partial charge >= 0.3 is 0 Å². The first-order valence-corrected chi connectivity index (χ1v) is 5.57. The third kappa shape index (κ3) is 1.36. The zero-order valence-corrected chi connectivity index (χ0v) is 9.27. The van der Waals surface area contributed by atoms with Gasteiger partial charge < -0.3 is 15.3 Å². The highest BCUT2D eigenvalue weighted by atomic mass is 15.1. The first kappa shape index (κ1) is 9.59. The maximum Gasteiger partial charge on any atom is 0.156 e. The molecule has 1 aliphatic carbocycles. The maximum absolute atomic E-state index is 6.05. The molecule has 0 spiro atoms. The largest absolute Gasteiger partial charge is 0.340 e. The minimum absolute atomic E-state index is 0.0852. The Hall–Kier alpha value is -1.62. The third-order valence-electron chi connectivity index (χ3n) is 3.16. The molecule has 2 heterocycles. The second kappa shape index (κ2) is 3.45. The lowest BCUT2D eigenvalue weighted by Gasteiger charge is -2.15. The first-order valence-electron chi connectivity index (χ1n) is 5.57. The van der Waals surface area contributed by atoms with Crippen molar-refractivity contribution in [1.29, 1.82) is 0 Å². The summed E-state index contributed by atoms with van der Waals surface area (Å²) in [5.41, 5.74) is 9.27. The van der Waals surface area contributed by atoms with E-state index in [0.29, 0.717) is 0 Å². The Balaban J connectivity index is 2.08. The van der Waals surface area contributed by atoms with Gasteiger partial charge in [-0.2, -0.15) is 0 Å². The molecule has 5 heteroatoms. The fourth-order valence-electron chi connectivity index (χ4n) is 2.26. The molecule has 1 aliphatic rings. The van der Waals surface area contributed by atoms with E-state index in [4.69, 9.17) is 5.73 Å². The van der Waals surface area contributed by atoms with Crippen molar-refractivity contribution in [2.75, 3.05) is 0 Å². The number of aryl methyl sites for hydroxylation is 2. The quantitative estimate of drug-likeness (QED) is 0.752. The van der Waals surface area contributed by atoms with Gasteiger partial charge in [0.2, 0.25) is 0 Å². The lowest BCUT2D eigenvalue weighted by atomic mass is 9.97. The minimum Gasteiger partial charge on any atom is -0.340 e. The van der Waals surface area contributed by atoms with Crippen molar-refractivity contribution in [2.45, 2.75) is 25.3 Å². The molecule has 0 saturated heterocycles. The highest BCUT2D eigenvalue weighted by molar-refractivity contribution is 5.50. The Morgan fingerprint density at radius 1 is 1.56 bits per heavy atom. The predicted octanol–water partition coefficient (Wildman–Crippen LogP) is 1.15. The smallest absolute Gasteiger partial charge is 0.156 e. The van der Waals surface area contributed by atoms with E-state index in [1.54, 1.807) is 6.33 Å². The summed E-state index contributed by atoms with van der Waals surface area (Å²) >= 11 is 0. The van der Waals surface area contributed by atoms with Crippen LogP contribution in [0, 0.1) is 0 Å². The SMILES string of the molecule is Cn1cncc1-c1nc2c([nH]1)CCCC2N. The van der Waals surface area contributed by atoms with Crippen LogP contribution >= 0.6 is 0 Å². The number of hydrogen-bond acceptors (Lipinski definition) is 3. The summed E-state index contributed by atoms with van der Waals surface area (Å²) in [6, 6.07) is 0.0852. The molecule has 0 amide bonds. The van der Waals surface area contributed by atoms with E-state index in [2.05, 4.69) is 15.0 Å². The van der Waals surface area contributed by atoms with Crippen LogP contribution in [0.15, 0.2) is 12.5 Å². The average Bonchev–Trinajstić information content (AvgIpc) is 2.84. The van der Waals surface area contributed by atoms with E-state index < -0.39 is 0 Å². The summed E-state index contributed by atoms with van der Waals surface area (Å²) in [6.07, 6.45) is 6.81. The molecule has 2 aromatic heterocycles. The number of fused-ring (bicyclic) bond motifs is 1. The number of nitrogens with one attached hydrogen (secondary N) is 1. The lowest BCUT2D eigenvalue weighted by molar-refractivity contribution is 0.555. The average molecular weight is 217 g/mol. The summed E-state index contributed by atoms with van der Waals surface area (Å²) in [7, 11) is 1.96. The molecule has 0 radical (unpaired) electrons. The standard InChI is InChI=1S/C11H15N5/c1-16-6-13-5-9(16)11-14-8-4-2-3-7(12)10(8)15-11/h5-7H,2-4,12H2,1H3,(H,14,15). The van der Waals surface area contributed by atoms with Crippen LogP contribution in [0.2, 0.25) is 0 Å². The molecule has 1 atom stereocenters. The van der Waals surface area contributed by atoms with E-state index in [1.807, 2.05) is 17.8 Å². The van der Waals surface area contributed by atoms with Gasteiger partial charge in [0, 0.05) is 18.8 Å². The number of hydrogen-bond donors (Lipinski definition) is 2. The van der Waals surface area contributed by atoms with Crippen molar-refractivity contribution in [3.63, 3.8) is 0 Å². The Labute approximate surface area is 93.7 Å². The van der Waals surface area contributed by atoms with Crippen LogP contribution in [0.3, 0.4) is 0 Å². The van der Waals surface area contributed by atoms with E-state index in [1.165, 1.54) is 5.69 Å². The Morgan fingerprint density at radius 3 is 3.12 bits per heavy atom. The number of H-pyrrole nitrogens is 1. The normalized spacial score (nSPS) is 19.8. The van der Waals surface area contributed by atoms with Crippen molar-refractivity contribution in [1.82, 2.24) is 19.5 Å². The van der Waals surface area contributed by atoms with Crippen molar-refractivity contribution < 1.29 is 0 Å². The molecule has 5 nitrogen and oxygen atoms in total. The number of rotatable bonds is 1. The fourth-order valence-corrected chi connectivity index (χ4v) is 2.26. The number of nitrogens with zero attached hydrogens (tertiary/aromatic N) is 3. The molecule has 16 heavy (non-hydrogen) atoms. The highest BCUT2D eigenvalue weighted by Crippen LogP contribution is 2.28. The van der Waals surface area contributed by atoms with Crippen molar-refractivity contribution >= 4 is 0 Å². The molecule has 2 aromatic rings. The van der Waals surface area contributed by atoms with E-state index >= 15 is 0 Å². The third-order valence-corrected chi connectivity index (χ3v) is 3.16. The summed E-state index contributed by atoms with van der Waals surface area (Å²) in [5, 5.41) is 0. The Bertz CT molecular complexity index is 510. The number of nitrogens with two attached hydrogens (primary N) is 1. The number of aromatic nitrogens is 4. The van der Waals surface area contributed by atoms with Crippen LogP contribution in [-0.2, 0) is 13.5 Å². The van der Waals surface area contributed by atoms with Crippen LogP contribution in [0.1, 0.15) is 30.3 Å². The van der Waals surface area contributed by atoms with E-state index in [-0.39, 0.29) is 6.04 Å². The van der Waals surface area contributed by atoms with Gasteiger partial charge in [-0.1, -0.05) is 0 Å². The van der Waals surface area contributed by atoms with Crippen LogP contribution in [0.4, 0.5) is 0 Å². The lowest BCUT2D eigenvalue weighted by Crippen LogP contribution is -2.17. The van der Waals surface area contributed by atoms with Gasteiger partial charge in [0.1, 0.15) is 5.69 Å². The molecule has 1 unspecified atom stereocenters. The van der Waals surface area contributed by atoms with Crippen molar-refractivity contribution in [2.24, 2.45) is 12.8 Å². The van der Waals surface area contributed by atoms with Crippen LogP contribution in [0.5, 0.6) is 0 Å². The van der Waals surface area contributed by atoms with Gasteiger partial charge in [0.25, 0.3) is 0 Å². The number of aromatic amines is 1. The van der Waals surface area contributed by atoms with Gasteiger partial charge in [-0.3, -0.25) is 0 Å². The molecule has 0 bridgehead atoms. The van der Waals surface area contributed by atoms with E-state index in [9.17, 15) is 0 Å². The summed E-state index contributed by atoms with van der Waals surface area (Å²) in [5.74, 6) is 0.877. The first-order chi connectivity index (χ1) is 7.75. The molecule has 0 aromatic carbocycles. The molecule has 0 saturated carbocycles. The molecule has 0 aliphatic heterocycles. The monoisotopic (exact) mass is 217 g/mol. The van der Waals surface area contributed by atoms with Gasteiger partial charge in [-0.25, -0.2) is 9.97 Å². The van der Waals surface area contributed by atoms with Crippen LogP contribution in [-0.4, -0.2) is 19.5 Å². The van der Waals surface area contributed by atoms with Gasteiger partial charge in [-0.05, 0) is 19.3 Å². The Morgan fingerprint density at radius 2 is 2.44 bits per heavy atom. The second-order valence-corrected chi connectivity index (χ2v) is 4.34. The zero-order chi connectivity index (χ0) is 11.1. The zero-order valence-electron chi connectivity index (χ0n) is 9.27. The van der Waals surface area contributed by atoms with Crippen molar-refractivity contribution in [3.05, 3.63) is 23.9 Å². The topological polar surface area (TPSA) is 72.5 Å². The van der Waals surface area contributed by atoms with Crippen LogP contribution < -0.4 is 5.73 Å². The van der Waals surface area contributed by atoms with E-state index in [0.717, 1.165) is 36.5 Å². The molecule has 84 valence electrons. The summed E-state index contributed by atoms with van der Waals surface area (Å²) in [6.45, 7) is 0. The molecule has 0 fully saturated rings. The molecule has 3 rings (SSSR count). The molecular weight excluding hydrogens is 202 g/mol. The Kier molecular flexibility index (Phi) is 2.07. The predicted molar refractivity (Wildman–Crippen MR) is 60.7 cm³/mol. The van der Waals surface area contributed by atoms with Gasteiger partial charge in [0.05, 0.1) is 18.2 Å². The van der Waals surface area contributed by atoms with Gasteiger partial charge in [-0.15, -0.1) is 0 Å². The van der Waals surface area contributed by atoms with Crippen LogP contribution in [0.25, 0.3) is 11.5 Å². The number of imidazole rings is 2. The van der Waals surface area contributed by atoms with Crippen molar-refractivity contribution in [3.8, 4) is 11.5 Å². The highest BCUT2D eigenvalue weighted by Gasteiger charge is 2.22. The summed E-state index contributed by atoms with van der Waals surface area (Å²) < 4.78 is 1.95. The molecule has 3 N–H and O–H groups in total.